The van der Waals surface area contributed by atoms with Crippen LogP contribution in [0.1, 0.15) is 24.2 Å². The Morgan fingerprint density at radius 3 is 2.53 bits per heavy atom. The van der Waals surface area contributed by atoms with Crippen LogP contribution in [0, 0.1) is 5.92 Å². The Hall–Kier alpha value is -0.930. The van der Waals surface area contributed by atoms with Crippen molar-refractivity contribution in [1.82, 2.24) is 4.90 Å². The lowest BCUT2D eigenvalue weighted by molar-refractivity contribution is 0.0779. The second kappa shape index (κ2) is 5.61. The molecule has 1 rings (SSSR count). The maximum Gasteiger partial charge on any atom is 0.255 e. The van der Waals surface area contributed by atoms with Gasteiger partial charge in [0, 0.05) is 19.3 Å². The van der Waals surface area contributed by atoms with E-state index in [1.165, 1.54) is 6.07 Å². The zero-order chi connectivity index (χ0) is 13.2. The van der Waals surface area contributed by atoms with Gasteiger partial charge in [-0.1, -0.05) is 37.0 Å². The molecular weight excluding hydrogens is 259 g/mol. The smallest absolute Gasteiger partial charge is 0.255 e. The molecule has 0 fully saturated rings. The zero-order valence-corrected chi connectivity index (χ0v) is 11.6. The minimum atomic E-state index is -0.169. The molecule has 0 aromatic heterocycles. The first-order valence-corrected chi connectivity index (χ1v) is 6.08. The summed E-state index contributed by atoms with van der Waals surface area (Å²) in [7, 11) is 1.73. The topological polar surface area (TPSA) is 46.3 Å². The molecule has 17 heavy (non-hydrogen) atoms. The third-order valence-electron chi connectivity index (χ3n) is 2.27. The minimum absolute atomic E-state index is 0.169. The molecule has 1 aromatic carbocycles. The van der Waals surface area contributed by atoms with Crippen molar-refractivity contribution in [2.24, 2.45) is 5.92 Å². The Morgan fingerprint density at radius 1 is 1.41 bits per heavy atom. The van der Waals surface area contributed by atoms with E-state index < -0.39 is 0 Å². The van der Waals surface area contributed by atoms with Gasteiger partial charge in [0.1, 0.15) is 0 Å². The van der Waals surface area contributed by atoms with Crippen molar-refractivity contribution in [2.45, 2.75) is 13.8 Å². The summed E-state index contributed by atoms with van der Waals surface area (Å²) in [6, 6.07) is 3.08. The van der Waals surface area contributed by atoms with E-state index in [4.69, 9.17) is 28.9 Å². The summed E-state index contributed by atoms with van der Waals surface area (Å²) in [4.78, 5) is 13.7. The van der Waals surface area contributed by atoms with Crippen molar-refractivity contribution in [2.75, 3.05) is 19.3 Å². The Labute approximate surface area is 111 Å². The number of halogens is 2. The maximum atomic E-state index is 12.1. The molecule has 0 aliphatic heterocycles. The van der Waals surface area contributed by atoms with Crippen LogP contribution < -0.4 is 5.73 Å². The van der Waals surface area contributed by atoms with Gasteiger partial charge in [-0.2, -0.15) is 0 Å². The van der Waals surface area contributed by atoms with Crippen LogP contribution in [0.4, 0.5) is 5.69 Å². The Kier molecular flexibility index (Phi) is 4.66. The number of nitrogen functional groups attached to an aromatic ring is 1. The summed E-state index contributed by atoms with van der Waals surface area (Å²) in [5.74, 6) is 0.220. The van der Waals surface area contributed by atoms with Crippen molar-refractivity contribution in [1.29, 1.82) is 0 Å². The summed E-state index contributed by atoms with van der Waals surface area (Å²) in [6.07, 6.45) is 0. The fourth-order valence-corrected chi connectivity index (χ4v) is 2.02. The summed E-state index contributed by atoms with van der Waals surface area (Å²) >= 11 is 11.9. The molecule has 3 nitrogen and oxygen atoms in total. The van der Waals surface area contributed by atoms with E-state index in [-0.39, 0.29) is 10.9 Å². The van der Waals surface area contributed by atoms with Gasteiger partial charge in [0.25, 0.3) is 5.91 Å². The molecule has 0 aliphatic carbocycles. The molecule has 0 atom stereocenters. The SMILES string of the molecule is CC(C)CN(C)C(=O)c1cc(N)cc(Cl)c1Cl. The lowest BCUT2D eigenvalue weighted by atomic mass is 10.1. The second-order valence-corrected chi connectivity index (χ2v) is 5.23. The van der Waals surface area contributed by atoms with Gasteiger partial charge in [0.2, 0.25) is 0 Å². The molecule has 0 aliphatic rings. The molecule has 0 heterocycles. The zero-order valence-electron chi connectivity index (χ0n) is 10.1. The van der Waals surface area contributed by atoms with E-state index in [0.29, 0.717) is 28.7 Å². The second-order valence-electron chi connectivity index (χ2n) is 4.44. The maximum absolute atomic E-state index is 12.1. The average Bonchev–Trinajstić information content (AvgIpc) is 2.21. The monoisotopic (exact) mass is 274 g/mol. The summed E-state index contributed by atoms with van der Waals surface area (Å²) < 4.78 is 0. The highest BCUT2D eigenvalue weighted by Crippen LogP contribution is 2.29. The fourth-order valence-electron chi connectivity index (χ4n) is 1.60. The molecule has 94 valence electrons. The standard InChI is InChI=1S/C12H16Cl2N2O/c1-7(2)6-16(3)12(17)9-4-8(15)5-10(13)11(9)14/h4-5,7H,6,15H2,1-3H3. The van der Waals surface area contributed by atoms with Crippen LogP contribution in [0.15, 0.2) is 12.1 Å². The van der Waals surface area contributed by atoms with Crippen LogP contribution in [0.2, 0.25) is 10.0 Å². The number of carbonyl (C=O) groups is 1. The van der Waals surface area contributed by atoms with E-state index in [1.54, 1.807) is 18.0 Å². The predicted molar refractivity (Wildman–Crippen MR) is 72.7 cm³/mol. The number of carbonyl (C=O) groups excluding carboxylic acids is 1. The highest BCUT2D eigenvalue weighted by Gasteiger charge is 2.18. The van der Waals surface area contributed by atoms with Crippen molar-refractivity contribution >= 4 is 34.8 Å². The lowest BCUT2D eigenvalue weighted by Gasteiger charge is -2.20. The van der Waals surface area contributed by atoms with Gasteiger partial charge in [-0.05, 0) is 18.1 Å². The molecule has 0 saturated carbocycles. The van der Waals surface area contributed by atoms with Crippen LogP contribution in [0.5, 0.6) is 0 Å². The molecule has 0 saturated heterocycles. The van der Waals surface area contributed by atoms with Crippen LogP contribution in [-0.2, 0) is 0 Å². The quantitative estimate of drug-likeness (QED) is 0.860. The van der Waals surface area contributed by atoms with Crippen LogP contribution in [0.3, 0.4) is 0 Å². The van der Waals surface area contributed by atoms with E-state index in [9.17, 15) is 4.79 Å². The molecule has 0 spiro atoms. The van der Waals surface area contributed by atoms with Crippen LogP contribution in [0.25, 0.3) is 0 Å². The van der Waals surface area contributed by atoms with Gasteiger partial charge in [0.05, 0.1) is 15.6 Å². The molecular formula is C12H16Cl2N2O. The molecule has 0 radical (unpaired) electrons. The first-order chi connectivity index (χ1) is 7.82. The number of nitrogens with two attached hydrogens (primary N) is 1. The number of hydrogen-bond donors (Lipinski definition) is 1. The molecule has 0 unspecified atom stereocenters. The Bertz CT molecular complexity index is 433. The van der Waals surface area contributed by atoms with Crippen LogP contribution >= 0.6 is 23.2 Å². The highest BCUT2D eigenvalue weighted by atomic mass is 35.5. The first-order valence-electron chi connectivity index (χ1n) is 5.33. The van der Waals surface area contributed by atoms with Gasteiger partial charge in [-0.3, -0.25) is 4.79 Å². The number of rotatable bonds is 3. The number of hydrogen-bond acceptors (Lipinski definition) is 2. The third-order valence-corrected chi connectivity index (χ3v) is 3.07. The van der Waals surface area contributed by atoms with E-state index in [0.717, 1.165) is 0 Å². The molecule has 2 N–H and O–H groups in total. The Balaban J connectivity index is 3.04. The van der Waals surface area contributed by atoms with E-state index in [1.807, 2.05) is 13.8 Å². The first kappa shape index (κ1) is 14.1. The van der Waals surface area contributed by atoms with Crippen molar-refractivity contribution in [3.8, 4) is 0 Å². The predicted octanol–water partition coefficient (Wildman–Crippen LogP) is 3.30. The number of benzene rings is 1. The highest BCUT2D eigenvalue weighted by molar-refractivity contribution is 6.44. The van der Waals surface area contributed by atoms with Gasteiger partial charge < -0.3 is 10.6 Å². The number of anilines is 1. The minimum Gasteiger partial charge on any atom is -0.399 e. The molecule has 1 amide bonds. The van der Waals surface area contributed by atoms with Crippen molar-refractivity contribution in [3.63, 3.8) is 0 Å². The number of nitrogens with zero attached hydrogens (tertiary/aromatic N) is 1. The fraction of sp³-hybridized carbons (Fsp3) is 0.417. The molecule has 1 aromatic rings. The van der Waals surface area contributed by atoms with Gasteiger partial charge >= 0.3 is 0 Å². The number of amides is 1. The van der Waals surface area contributed by atoms with Gasteiger partial charge in [-0.15, -0.1) is 0 Å². The summed E-state index contributed by atoms with van der Waals surface area (Å²) in [5, 5.41) is 0.550. The summed E-state index contributed by atoms with van der Waals surface area (Å²) in [6.45, 7) is 4.73. The van der Waals surface area contributed by atoms with Gasteiger partial charge in [0.15, 0.2) is 0 Å². The third kappa shape index (κ3) is 3.51. The largest absolute Gasteiger partial charge is 0.399 e. The summed E-state index contributed by atoms with van der Waals surface area (Å²) in [5.41, 5.74) is 6.43. The molecule has 5 heteroatoms. The van der Waals surface area contributed by atoms with Gasteiger partial charge in [-0.25, -0.2) is 0 Å². The average molecular weight is 275 g/mol. The lowest BCUT2D eigenvalue weighted by Crippen LogP contribution is -2.30. The van der Waals surface area contributed by atoms with Crippen molar-refractivity contribution < 1.29 is 4.79 Å². The van der Waals surface area contributed by atoms with Crippen molar-refractivity contribution in [3.05, 3.63) is 27.7 Å². The molecule has 0 bridgehead atoms. The van der Waals surface area contributed by atoms with E-state index in [2.05, 4.69) is 0 Å². The van der Waals surface area contributed by atoms with E-state index >= 15 is 0 Å². The Morgan fingerprint density at radius 2 is 2.00 bits per heavy atom. The van der Waals surface area contributed by atoms with Crippen LogP contribution in [-0.4, -0.2) is 24.4 Å². The normalized spacial score (nSPS) is 10.7.